The van der Waals surface area contributed by atoms with Crippen molar-refractivity contribution in [3.05, 3.63) is 23.8 Å². The zero-order valence-electron chi connectivity index (χ0n) is 8.29. The molecule has 4 heteroatoms. The van der Waals surface area contributed by atoms with Crippen molar-refractivity contribution in [1.82, 2.24) is 0 Å². The summed E-state index contributed by atoms with van der Waals surface area (Å²) in [6.07, 6.45) is 0. The summed E-state index contributed by atoms with van der Waals surface area (Å²) in [7, 11) is 3.04. The molecule has 1 aromatic rings. The van der Waals surface area contributed by atoms with E-state index in [9.17, 15) is 4.39 Å². The van der Waals surface area contributed by atoms with Crippen molar-refractivity contribution in [2.75, 3.05) is 20.9 Å². The molecule has 0 saturated heterocycles. The van der Waals surface area contributed by atoms with E-state index in [1.807, 2.05) is 0 Å². The first-order valence-electron chi connectivity index (χ1n) is 4.27. The Hall–Kier alpha value is -1.29. The molecule has 1 atom stereocenters. The van der Waals surface area contributed by atoms with Gasteiger partial charge in [-0.05, 0) is 6.07 Å². The molecule has 1 unspecified atom stereocenters. The lowest BCUT2D eigenvalue weighted by atomic mass is 10.1. The Morgan fingerprint density at radius 3 is 2.57 bits per heavy atom. The first-order valence-corrected chi connectivity index (χ1v) is 4.27. The summed E-state index contributed by atoms with van der Waals surface area (Å²) >= 11 is 0. The van der Waals surface area contributed by atoms with Crippen molar-refractivity contribution in [1.29, 1.82) is 0 Å². The lowest BCUT2D eigenvalue weighted by molar-refractivity contribution is 0.344. The second-order valence-electron chi connectivity index (χ2n) is 2.84. The molecule has 1 aromatic carbocycles. The summed E-state index contributed by atoms with van der Waals surface area (Å²) in [4.78, 5) is 0. The van der Waals surface area contributed by atoms with E-state index in [2.05, 4.69) is 0 Å². The Kier molecular flexibility index (Phi) is 3.71. The van der Waals surface area contributed by atoms with Crippen LogP contribution in [0.5, 0.6) is 11.5 Å². The third-order valence-electron chi connectivity index (χ3n) is 2.00. The summed E-state index contributed by atoms with van der Waals surface area (Å²) in [6.45, 7) is -0.622. The van der Waals surface area contributed by atoms with Crippen LogP contribution in [0.3, 0.4) is 0 Å². The van der Waals surface area contributed by atoms with E-state index in [0.717, 1.165) is 0 Å². The number of alkyl halides is 1. The van der Waals surface area contributed by atoms with Crippen LogP contribution in [-0.4, -0.2) is 20.9 Å². The quantitative estimate of drug-likeness (QED) is 0.802. The van der Waals surface area contributed by atoms with Gasteiger partial charge in [-0.15, -0.1) is 0 Å². The maximum Gasteiger partial charge on any atom is 0.165 e. The molecule has 78 valence electrons. The molecule has 0 bridgehead atoms. The smallest absolute Gasteiger partial charge is 0.165 e. The third-order valence-corrected chi connectivity index (χ3v) is 2.00. The van der Waals surface area contributed by atoms with Gasteiger partial charge in [-0.25, -0.2) is 4.39 Å². The van der Waals surface area contributed by atoms with E-state index in [-0.39, 0.29) is 0 Å². The molecule has 2 N–H and O–H groups in total. The summed E-state index contributed by atoms with van der Waals surface area (Å²) in [6, 6.07) is 4.56. The Balaban J connectivity index is 3.14. The fourth-order valence-corrected chi connectivity index (χ4v) is 1.29. The van der Waals surface area contributed by atoms with Crippen LogP contribution < -0.4 is 15.2 Å². The zero-order chi connectivity index (χ0) is 10.6. The third kappa shape index (κ3) is 1.96. The van der Waals surface area contributed by atoms with Crippen LogP contribution in [0.4, 0.5) is 4.39 Å². The number of ether oxygens (including phenoxy) is 2. The molecule has 0 spiro atoms. The molecule has 1 rings (SSSR count). The van der Waals surface area contributed by atoms with E-state index in [1.165, 1.54) is 14.2 Å². The molecule has 0 aliphatic heterocycles. The van der Waals surface area contributed by atoms with Gasteiger partial charge in [0.05, 0.1) is 20.3 Å². The van der Waals surface area contributed by atoms with Gasteiger partial charge in [0.25, 0.3) is 0 Å². The normalized spacial score (nSPS) is 12.3. The molecular formula is C10H14FNO2. The van der Waals surface area contributed by atoms with Crippen molar-refractivity contribution in [3.8, 4) is 11.5 Å². The Labute approximate surface area is 82.6 Å². The maximum absolute atomic E-state index is 12.4. The van der Waals surface area contributed by atoms with Crippen LogP contribution in [0, 0.1) is 0 Å². The van der Waals surface area contributed by atoms with E-state index in [4.69, 9.17) is 15.2 Å². The van der Waals surface area contributed by atoms with Gasteiger partial charge < -0.3 is 15.2 Å². The van der Waals surface area contributed by atoms with Crippen LogP contribution >= 0.6 is 0 Å². The van der Waals surface area contributed by atoms with Crippen molar-refractivity contribution in [3.63, 3.8) is 0 Å². The van der Waals surface area contributed by atoms with Crippen molar-refractivity contribution in [2.45, 2.75) is 6.04 Å². The molecule has 0 fully saturated rings. The van der Waals surface area contributed by atoms with E-state index >= 15 is 0 Å². The number of rotatable bonds is 4. The first kappa shape index (κ1) is 10.8. The van der Waals surface area contributed by atoms with E-state index in [0.29, 0.717) is 17.1 Å². The van der Waals surface area contributed by atoms with Crippen LogP contribution in [0.25, 0.3) is 0 Å². The van der Waals surface area contributed by atoms with Gasteiger partial charge in [-0.3, -0.25) is 0 Å². The van der Waals surface area contributed by atoms with Gasteiger partial charge in [-0.2, -0.15) is 0 Å². The van der Waals surface area contributed by atoms with Gasteiger partial charge in [0.15, 0.2) is 11.5 Å². The van der Waals surface area contributed by atoms with Gasteiger partial charge >= 0.3 is 0 Å². The minimum atomic E-state index is -0.667. The maximum atomic E-state index is 12.4. The SMILES string of the molecule is COc1cccc(C(N)CF)c1OC. The summed E-state index contributed by atoms with van der Waals surface area (Å²) in [5, 5.41) is 0. The summed E-state index contributed by atoms with van der Waals surface area (Å²) in [5.74, 6) is 1.06. The highest BCUT2D eigenvalue weighted by Gasteiger charge is 2.15. The number of nitrogens with two attached hydrogens (primary N) is 1. The molecule has 0 aliphatic carbocycles. The van der Waals surface area contributed by atoms with Gasteiger partial charge in [0, 0.05) is 5.56 Å². The summed E-state index contributed by atoms with van der Waals surface area (Å²) in [5.41, 5.74) is 6.20. The highest BCUT2D eigenvalue weighted by molar-refractivity contribution is 5.47. The van der Waals surface area contributed by atoms with Crippen LogP contribution in [0.2, 0.25) is 0 Å². The number of methoxy groups -OCH3 is 2. The Bertz CT molecular complexity index is 304. The minimum absolute atomic E-state index is 0.500. The Morgan fingerprint density at radius 2 is 2.07 bits per heavy atom. The van der Waals surface area contributed by atoms with Gasteiger partial charge in [0.2, 0.25) is 0 Å². The average Bonchev–Trinajstić information content (AvgIpc) is 2.26. The average molecular weight is 199 g/mol. The lowest BCUT2D eigenvalue weighted by Crippen LogP contribution is -2.13. The lowest BCUT2D eigenvalue weighted by Gasteiger charge is -2.15. The molecule has 0 aromatic heterocycles. The monoisotopic (exact) mass is 199 g/mol. The first-order chi connectivity index (χ1) is 6.74. The molecular weight excluding hydrogens is 185 g/mol. The largest absolute Gasteiger partial charge is 0.493 e. The highest BCUT2D eigenvalue weighted by atomic mass is 19.1. The molecule has 0 aliphatic rings. The second-order valence-corrected chi connectivity index (χ2v) is 2.84. The Morgan fingerprint density at radius 1 is 1.36 bits per heavy atom. The van der Waals surface area contributed by atoms with E-state index < -0.39 is 12.7 Å². The number of hydrogen-bond acceptors (Lipinski definition) is 3. The number of halogens is 1. The van der Waals surface area contributed by atoms with Gasteiger partial charge in [-0.1, -0.05) is 12.1 Å². The number of benzene rings is 1. The van der Waals surface area contributed by atoms with Crippen molar-refractivity contribution in [2.24, 2.45) is 5.73 Å². The predicted molar refractivity (Wildman–Crippen MR) is 52.4 cm³/mol. The fourth-order valence-electron chi connectivity index (χ4n) is 1.29. The standard InChI is InChI=1S/C10H14FNO2/c1-13-9-5-3-4-7(8(12)6-11)10(9)14-2/h3-5,8H,6,12H2,1-2H3. The van der Waals surface area contributed by atoms with Crippen LogP contribution in [-0.2, 0) is 0 Å². The fraction of sp³-hybridized carbons (Fsp3) is 0.400. The molecule has 0 saturated carbocycles. The molecule has 0 radical (unpaired) electrons. The molecule has 0 amide bonds. The predicted octanol–water partition coefficient (Wildman–Crippen LogP) is 1.67. The topological polar surface area (TPSA) is 44.5 Å². The summed E-state index contributed by atoms with van der Waals surface area (Å²) < 4.78 is 22.6. The van der Waals surface area contributed by atoms with Crippen molar-refractivity contribution >= 4 is 0 Å². The molecule has 14 heavy (non-hydrogen) atoms. The van der Waals surface area contributed by atoms with Gasteiger partial charge in [0.1, 0.15) is 6.67 Å². The molecule has 3 nitrogen and oxygen atoms in total. The highest BCUT2D eigenvalue weighted by Crippen LogP contribution is 2.33. The van der Waals surface area contributed by atoms with Crippen LogP contribution in [0.1, 0.15) is 11.6 Å². The van der Waals surface area contributed by atoms with Crippen molar-refractivity contribution < 1.29 is 13.9 Å². The molecule has 0 heterocycles. The number of hydrogen-bond donors (Lipinski definition) is 1. The number of para-hydroxylation sites is 1. The van der Waals surface area contributed by atoms with E-state index in [1.54, 1.807) is 18.2 Å². The second kappa shape index (κ2) is 4.81. The zero-order valence-corrected chi connectivity index (χ0v) is 8.29. The van der Waals surface area contributed by atoms with Crippen LogP contribution in [0.15, 0.2) is 18.2 Å². The minimum Gasteiger partial charge on any atom is -0.493 e.